The van der Waals surface area contributed by atoms with Gasteiger partial charge in [-0.1, -0.05) is 11.6 Å². The van der Waals surface area contributed by atoms with Gasteiger partial charge in [-0.2, -0.15) is 0 Å². The predicted octanol–water partition coefficient (Wildman–Crippen LogP) is 3.03. The number of anilines is 1. The van der Waals surface area contributed by atoms with Crippen molar-refractivity contribution in [3.05, 3.63) is 52.2 Å². The van der Waals surface area contributed by atoms with Crippen molar-refractivity contribution in [1.82, 2.24) is 0 Å². The van der Waals surface area contributed by atoms with Crippen LogP contribution in [0.4, 0.5) is 5.82 Å². The number of carbonyl (C=O) groups is 1. The number of ether oxygens (including phenoxy) is 1. The first-order valence-electron chi connectivity index (χ1n) is 6.15. The molecule has 0 bridgehead atoms. The van der Waals surface area contributed by atoms with E-state index >= 15 is 0 Å². The van der Waals surface area contributed by atoms with Gasteiger partial charge >= 0.3 is 5.91 Å². The van der Waals surface area contributed by atoms with Gasteiger partial charge in [0.25, 0.3) is 5.82 Å². The van der Waals surface area contributed by atoms with Crippen molar-refractivity contribution >= 4 is 23.3 Å². The van der Waals surface area contributed by atoms with Gasteiger partial charge in [-0.3, -0.25) is 0 Å². The molecule has 4 nitrogen and oxygen atoms in total. The lowest BCUT2D eigenvalue weighted by atomic mass is 10.2. The number of amides is 1. The highest BCUT2D eigenvalue weighted by molar-refractivity contribution is 6.31. The van der Waals surface area contributed by atoms with Gasteiger partial charge in [-0.05, 0) is 43.7 Å². The lowest BCUT2D eigenvalue weighted by Crippen LogP contribution is -2.21. The Labute approximate surface area is 122 Å². The molecule has 0 saturated carbocycles. The van der Waals surface area contributed by atoms with E-state index in [0.29, 0.717) is 22.2 Å². The molecular weight excluding hydrogens is 276 g/mol. The van der Waals surface area contributed by atoms with Gasteiger partial charge in [0.15, 0.2) is 0 Å². The van der Waals surface area contributed by atoms with E-state index < -0.39 is 0 Å². The van der Waals surface area contributed by atoms with Crippen molar-refractivity contribution in [1.29, 1.82) is 0 Å². The van der Waals surface area contributed by atoms with Crippen molar-refractivity contribution in [2.45, 2.75) is 13.8 Å². The topological polar surface area (TPSA) is 52.5 Å². The zero-order chi connectivity index (χ0) is 14.7. The summed E-state index contributed by atoms with van der Waals surface area (Å²) in [7, 11) is 1.52. The van der Waals surface area contributed by atoms with E-state index in [4.69, 9.17) is 16.3 Å². The molecule has 2 N–H and O–H groups in total. The second kappa shape index (κ2) is 5.92. The number of H-pyrrole nitrogens is 1. The van der Waals surface area contributed by atoms with Crippen LogP contribution in [0.1, 0.15) is 21.6 Å². The summed E-state index contributed by atoms with van der Waals surface area (Å²) in [5, 5.41) is 3.30. The fourth-order valence-electron chi connectivity index (χ4n) is 2.01. The molecule has 5 heteroatoms. The summed E-state index contributed by atoms with van der Waals surface area (Å²) in [5.74, 6) is 0.844. The fraction of sp³-hybridized carbons (Fsp3) is 0.200. The largest absolute Gasteiger partial charge is 0.496 e. The van der Waals surface area contributed by atoms with Crippen LogP contribution in [0.25, 0.3) is 0 Å². The molecule has 0 atom stereocenters. The minimum absolute atomic E-state index is 0.273. The molecule has 1 aromatic heterocycles. The fourth-order valence-corrected chi connectivity index (χ4v) is 2.18. The Morgan fingerprint density at radius 2 is 2.00 bits per heavy atom. The molecule has 0 aliphatic carbocycles. The van der Waals surface area contributed by atoms with Gasteiger partial charge in [0, 0.05) is 11.1 Å². The minimum atomic E-state index is -0.273. The molecule has 2 rings (SSSR count). The summed E-state index contributed by atoms with van der Waals surface area (Å²) in [6.45, 7) is 3.90. The van der Waals surface area contributed by atoms with Crippen LogP contribution in [-0.4, -0.2) is 13.0 Å². The van der Waals surface area contributed by atoms with Crippen LogP contribution in [0.5, 0.6) is 5.75 Å². The van der Waals surface area contributed by atoms with Crippen molar-refractivity contribution in [3.63, 3.8) is 0 Å². The monoisotopic (exact) mass is 291 g/mol. The molecule has 104 valence electrons. The Kier molecular flexibility index (Phi) is 4.25. The molecule has 20 heavy (non-hydrogen) atoms. The number of aromatic amines is 1. The van der Waals surface area contributed by atoms with Crippen LogP contribution in [0.3, 0.4) is 0 Å². The van der Waals surface area contributed by atoms with Crippen molar-refractivity contribution in [2.24, 2.45) is 0 Å². The quantitative estimate of drug-likeness (QED) is 0.945. The van der Waals surface area contributed by atoms with Crippen LogP contribution in [-0.2, 0) is 0 Å². The molecule has 0 radical (unpaired) electrons. The van der Waals surface area contributed by atoms with Crippen LogP contribution >= 0.6 is 11.6 Å². The Hall–Kier alpha value is -2.07. The van der Waals surface area contributed by atoms with E-state index in [1.54, 1.807) is 18.2 Å². The number of aromatic nitrogens is 1. The predicted molar refractivity (Wildman–Crippen MR) is 78.4 cm³/mol. The van der Waals surface area contributed by atoms with E-state index in [0.717, 1.165) is 11.3 Å². The summed E-state index contributed by atoms with van der Waals surface area (Å²) in [6.07, 6.45) is 0. The normalized spacial score (nSPS) is 10.2. The maximum Gasteiger partial charge on any atom is 0.342 e. The number of hydrogen-bond acceptors (Lipinski definition) is 2. The number of methoxy groups -OCH3 is 1. The highest BCUT2D eigenvalue weighted by atomic mass is 35.5. The summed E-state index contributed by atoms with van der Waals surface area (Å²) < 4.78 is 5.18. The second-order valence-electron chi connectivity index (χ2n) is 4.55. The molecule has 1 amide bonds. The lowest BCUT2D eigenvalue weighted by Gasteiger charge is -2.06. The molecule has 2 aromatic rings. The molecule has 0 saturated heterocycles. The van der Waals surface area contributed by atoms with Crippen LogP contribution in [0.2, 0.25) is 5.02 Å². The zero-order valence-corrected chi connectivity index (χ0v) is 12.3. The lowest BCUT2D eigenvalue weighted by molar-refractivity contribution is -0.370. The SMILES string of the molecule is COc1ccc(Cl)cc1C(=O)Nc1cc(C)cc(C)[nH+]1. The number of hydrogen-bond donors (Lipinski definition) is 1. The van der Waals surface area contributed by atoms with Crippen molar-refractivity contribution < 1.29 is 14.5 Å². The average Bonchev–Trinajstić information content (AvgIpc) is 2.37. The summed E-state index contributed by atoms with van der Waals surface area (Å²) in [5.41, 5.74) is 2.43. The van der Waals surface area contributed by atoms with Gasteiger partial charge in [-0.25, -0.2) is 15.1 Å². The molecule has 0 aliphatic heterocycles. The molecule has 0 unspecified atom stereocenters. The molecule has 0 aliphatic rings. The van der Waals surface area contributed by atoms with Gasteiger partial charge in [0.1, 0.15) is 11.3 Å². The number of rotatable bonds is 3. The Bertz CT molecular complexity index is 636. The van der Waals surface area contributed by atoms with Crippen LogP contribution in [0.15, 0.2) is 30.3 Å². The highest BCUT2D eigenvalue weighted by Crippen LogP contribution is 2.23. The zero-order valence-electron chi connectivity index (χ0n) is 11.6. The maximum atomic E-state index is 12.3. The Morgan fingerprint density at radius 1 is 1.25 bits per heavy atom. The highest BCUT2D eigenvalue weighted by Gasteiger charge is 2.18. The van der Waals surface area contributed by atoms with Crippen molar-refractivity contribution in [3.8, 4) is 5.75 Å². The van der Waals surface area contributed by atoms with E-state index in [1.165, 1.54) is 7.11 Å². The number of halogens is 1. The number of carbonyl (C=O) groups excluding carboxylic acids is 1. The van der Waals surface area contributed by atoms with E-state index in [9.17, 15) is 4.79 Å². The van der Waals surface area contributed by atoms with Crippen LogP contribution < -0.4 is 15.0 Å². The molecule has 0 spiro atoms. The van der Waals surface area contributed by atoms with E-state index in [1.807, 2.05) is 26.0 Å². The number of pyridine rings is 1. The van der Waals surface area contributed by atoms with Gasteiger partial charge < -0.3 is 4.74 Å². The Morgan fingerprint density at radius 3 is 2.65 bits per heavy atom. The van der Waals surface area contributed by atoms with Gasteiger partial charge in [0.2, 0.25) is 0 Å². The van der Waals surface area contributed by atoms with Crippen LogP contribution in [0, 0.1) is 13.8 Å². The average molecular weight is 292 g/mol. The third-order valence-corrected chi connectivity index (χ3v) is 3.04. The van der Waals surface area contributed by atoms with E-state index in [2.05, 4.69) is 10.3 Å². The molecular formula is C15H16ClN2O2+. The van der Waals surface area contributed by atoms with Gasteiger partial charge in [0.05, 0.1) is 12.8 Å². The number of aryl methyl sites for hydroxylation is 2. The van der Waals surface area contributed by atoms with E-state index in [-0.39, 0.29) is 5.91 Å². The molecule has 0 fully saturated rings. The standard InChI is InChI=1S/C15H15ClN2O2/c1-9-6-10(2)17-14(7-9)18-15(19)12-8-11(16)4-5-13(12)20-3/h4-8H,1-3H3,(H,17,18,19)/p+1. The maximum absolute atomic E-state index is 12.3. The second-order valence-corrected chi connectivity index (χ2v) is 4.99. The summed E-state index contributed by atoms with van der Waals surface area (Å²) >= 11 is 5.93. The number of benzene rings is 1. The number of nitrogens with one attached hydrogen (secondary N) is 2. The Balaban J connectivity index is 2.30. The summed E-state index contributed by atoms with van der Waals surface area (Å²) in [4.78, 5) is 15.4. The first kappa shape index (κ1) is 14.3. The third kappa shape index (κ3) is 3.27. The first-order valence-corrected chi connectivity index (χ1v) is 6.53. The molecule has 1 heterocycles. The molecule has 1 aromatic carbocycles. The third-order valence-electron chi connectivity index (χ3n) is 2.80. The first-order chi connectivity index (χ1) is 9.49. The van der Waals surface area contributed by atoms with Gasteiger partial charge in [-0.15, -0.1) is 0 Å². The van der Waals surface area contributed by atoms with Crippen molar-refractivity contribution in [2.75, 3.05) is 12.4 Å². The summed E-state index contributed by atoms with van der Waals surface area (Å²) in [6, 6.07) is 8.79. The smallest absolute Gasteiger partial charge is 0.342 e. The minimum Gasteiger partial charge on any atom is -0.496 e.